The first-order valence-electron chi connectivity index (χ1n) is 10.1. The third-order valence-electron chi connectivity index (χ3n) is 6.29. The standard InChI is InChI=1S/C18H40O5Si2/c1-8-24(9-2,10-3)22-15-14-21-18(20-7)16(19)17(15)23-25(11-4,12-5)13-6/h15-19H,8-14H2,1-7H3/t15-,16-,17+,18-/m1/s1. The van der Waals surface area contributed by atoms with E-state index in [0.717, 1.165) is 36.3 Å². The molecular formula is C18H40O5Si2. The van der Waals surface area contributed by atoms with Crippen LogP contribution in [0.15, 0.2) is 0 Å². The zero-order chi connectivity index (χ0) is 19.1. The first-order chi connectivity index (χ1) is 11.9. The molecule has 1 heterocycles. The number of hydrogen-bond donors (Lipinski definition) is 1. The monoisotopic (exact) mass is 392 g/mol. The molecule has 5 nitrogen and oxygen atoms in total. The van der Waals surface area contributed by atoms with Gasteiger partial charge < -0.3 is 23.4 Å². The molecule has 150 valence electrons. The summed E-state index contributed by atoms with van der Waals surface area (Å²) >= 11 is 0. The molecule has 1 fully saturated rings. The minimum absolute atomic E-state index is 0.204. The highest BCUT2D eigenvalue weighted by molar-refractivity contribution is 6.74. The molecule has 0 unspecified atom stereocenters. The van der Waals surface area contributed by atoms with Crippen molar-refractivity contribution in [2.24, 2.45) is 0 Å². The number of ether oxygens (including phenoxy) is 2. The Hall–Kier alpha value is 0.234. The molecule has 0 aliphatic carbocycles. The summed E-state index contributed by atoms with van der Waals surface area (Å²) in [4.78, 5) is 0. The molecule has 0 radical (unpaired) electrons. The van der Waals surface area contributed by atoms with Gasteiger partial charge in [-0.1, -0.05) is 41.5 Å². The molecule has 0 saturated carbocycles. The SMILES string of the molecule is CC[Si](CC)(CC)O[C@@H]1[C@@H](O)[C@H](OC)OC[C@H]1O[Si](CC)(CC)CC. The number of methoxy groups -OCH3 is 1. The van der Waals surface area contributed by atoms with E-state index in [1.54, 1.807) is 7.11 Å². The van der Waals surface area contributed by atoms with Gasteiger partial charge in [0.15, 0.2) is 22.9 Å². The fourth-order valence-corrected chi connectivity index (χ4v) is 9.53. The third kappa shape index (κ3) is 5.37. The Morgan fingerprint density at radius 1 is 0.840 bits per heavy atom. The minimum atomic E-state index is -1.87. The van der Waals surface area contributed by atoms with Crippen molar-refractivity contribution >= 4 is 16.6 Å². The van der Waals surface area contributed by atoms with Crippen molar-refractivity contribution < 1.29 is 23.4 Å². The molecule has 0 amide bonds. The summed E-state index contributed by atoms with van der Waals surface area (Å²) in [6.07, 6.45) is -2.01. The number of rotatable bonds is 11. The minimum Gasteiger partial charge on any atom is -0.409 e. The lowest BCUT2D eigenvalue weighted by atomic mass is 10.1. The lowest BCUT2D eigenvalue weighted by Crippen LogP contribution is -2.61. The van der Waals surface area contributed by atoms with E-state index in [9.17, 15) is 5.11 Å². The van der Waals surface area contributed by atoms with Crippen molar-refractivity contribution in [3.05, 3.63) is 0 Å². The van der Waals surface area contributed by atoms with Crippen molar-refractivity contribution in [2.75, 3.05) is 13.7 Å². The Bertz CT molecular complexity index is 358. The third-order valence-corrected chi connectivity index (χ3v) is 15.6. The zero-order valence-corrected chi connectivity index (χ0v) is 19.3. The van der Waals surface area contributed by atoms with E-state index >= 15 is 0 Å². The second-order valence-electron chi connectivity index (χ2n) is 7.15. The molecule has 4 atom stereocenters. The van der Waals surface area contributed by atoms with Gasteiger partial charge in [-0.05, 0) is 36.3 Å². The van der Waals surface area contributed by atoms with Crippen molar-refractivity contribution in [3.63, 3.8) is 0 Å². The number of aliphatic hydroxyl groups is 1. The van der Waals surface area contributed by atoms with Crippen LogP contribution in [0.25, 0.3) is 0 Å². The van der Waals surface area contributed by atoms with Gasteiger partial charge in [-0.2, -0.15) is 0 Å². The fourth-order valence-electron chi connectivity index (χ4n) is 3.82. The zero-order valence-electron chi connectivity index (χ0n) is 17.3. The predicted octanol–water partition coefficient (Wildman–Crippen LogP) is 4.13. The summed E-state index contributed by atoms with van der Waals surface area (Å²) in [5.41, 5.74) is 0. The quantitative estimate of drug-likeness (QED) is 0.536. The van der Waals surface area contributed by atoms with Gasteiger partial charge in [-0.25, -0.2) is 0 Å². The van der Waals surface area contributed by atoms with E-state index in [1.807, 2.05) is 0 Å². The van der Waals surface area contributed by atoms with Crippen LogP contribution in [0.1, 0.15) is 41.5 Å². The van der Waals surface area contributed by atoms with E-state index < -0.39 is 29.0 Å². The smallest absolute Gasteiger partial charge is 0.192 e. The van der Waals surface area contributed by atoms with Crippen molar-refractivity contribution in [2.45, 2.75) is 102 Å². The molecule has 25 heavy (non-hydrogen) atoms. The highest BCUT2D eigenvalue weighted by atomic mass is 28.4. The van der Waals surface area contributed by atoms with Gasteiger partial charge in [-0.3, -0.25) is 0 Å². The molecule has 1 aliphatic heterocycles. The maximum absolute atomic E-state index is 10.8. The Morgan fingerprint density at radius 2 is 1.28 bits per heavy atom. The molecule has 0 aromatic rings. The lowest BCUT2D eigenvalue weighted by Gasteiger charge is -2.46. The maximum Gasteiger partial charge on any atom is 0.192 e. The van der Waals surface area contributed by atoms with Gasteiger partial charge in [0, 0.05) is 7.11 Å². The summed E-state index contributed by atoms with van der Waals surface area (Å²) in [7, 11) is -2.11. The second-order valence-corrected chi connectivity index (χ2v) is 16.6. The van der Waals surface area contributed by atoms with Crippen LogP contribution in [-0.4, -0.2) is 60.1 Å². The molecule has 1 saturated heterocycles. The Labute approximate surface area is 156 Å². The van der Waals surface area contributed by atoms with E-state index in [-0.39, 0.29) is 12.2 Å². The fraction of sp³-hybridized carbons (Fsp3) is 1.00. The highest BCUT2D eigenvalue weighted by Gasteiger charge is 2.47. The van der Waals surface area contributed by atoms with E-state index in [4.69, 9.17) is 18.3 Å². The summed E-state index contributed by atoms with van der Waals surface area (Å²) in [5, 5.41) is 10.8. The number of aliphatic hydroxyl groups excluding tert-OH is 1. The lowest BCUT2D eigenvalue weighted by molar-refractivity contribution is -0.256. The van der Waals surface area contributed by atoms with Crippen LogP contribution in [0.3, 0.4) is 0 Å². The molecule has 0 bridgehead atoms. The van der Waals surface area contributed by atoms with E-state index in [1.165, 1.54) is 0 Å². The normalized spacial score (nSPS) is 28.3. The van der Waals surface area contributed by atoms with Gasteiger partial charge in [0.25, 0.3) is 0 Å². The molecular weight excluding hydrogens is 352 g/mol. The highest BCUT2D eigenvalue weighted by Crippen LogP contribution is 2.33. The second kappa shape index (κ2) is 10.5. The molecule has 7 heteroatoms. The van der Waals surface area contributed by atoms with Gasteiger partial charge in [0.1, 0.15) is 12.2 Å². The van der Waals surface area contributed by atoms with Crippen molar-refractivity contribution in [3.8, 4) is 0 Å². The summed E-state index contributed by atoms with van der Waals surface area (Å²) in [6.45, 7) is 13.7. The maximum atomic E-state index is 10.8. The molecule has 1 rings (SSSR count). The van der Waals surface area contributed by atoms with Crippen molar-refractivity contribution in [1.29, 1.82) is 0 Å². The van der Waals surface area contributed by atoms with Crippen molar-refractivity contribution in [1.82, 2.24) is 0 Å². The topological polar surface area (TPSA) is 57.2 Å². The van der Waals surface area contributed by atoms with Crippen LogP contribution in [0.5, 0.6) is 0 Å². The molecule has 1 aliphatic rings. The largest absolute Gasteiger partial charge is 0.409 e. The van der Waals surface area contributed by atoms with Gasteiger partial charge in [0.05, 0.1) is 12.7 Å². The average molecular weight is 393 g/mol. The van der Waals surface area contributed by atoms with Crippen LogP contribution in [0.2, 0.25) is 36.3 Å². The van der Waals surface area contributed by atoms with Crippen LogP contribution in [0, 0.1) is 0 Å². The Balaban J connectivity index is 3.07. The molecule has 1 N–H and O–H groups in total. The van der Waals surface area contributed by atoms with Gasteiger partial charge >= 0.3 is 0 Å². The van der Waals surface area contributed by atoms with Crippen LogP contribution >= 0.6 is 0 Å². The Kier molecular flexibility index (Phi) is 9.81. The van der Waals surface area contributed by atoms with Gasteiger partial charge in [0.2, 0.25) is 0 Å². The van der Waals surface area contributed by atoms with Gasteiger partial charge in [-0.15, -0.1) is 0 Å². The van der Waals surface area contributed by atoms with E-state index in [2.05, 4.69) is 41.5 Å². The Morgan fingerprint density at radius 3 is 1.68 bits per heavy atom. The van der Waals surface area contributed by atoms with Crippen LogP contribution < -0.4 is 0 Å². The summed E-state index contributed by atoms with van der Waals surface area (Å²) in [6, 6.07) is 6.37. The molecule has 0 aromatic carbocycles. The first kappa shape index (κ1) is 23.3. The van der Waals surface area contributed by atoms with Crippen LogP contribution in [-0.2, 0) is 18.3 Å². The first-order valence-corrected chi connectivity index (χ1v) is 15.1. The summed E-state index contributed by atoms with van der Waals surface area (Å²) in [5.74, 6) is 0. The average Bonchev–Trinajstić information content (AvgIpc) is 2.66. The van der Waals surface area contributed by atoms with E-state index in [0.29, 0.717) is 6.61 Å². The van der Waals surface area contributed by atoms with Crippen LogP contribution in [0.4, 0.5) is 0 Å². The summed E-state index contributed by atoms with van der Waals surface area (Å²) < 4.78 is 24.4. The molecule has 0 spiro atoms. The number of hydrogen-bond acceptors (Lipinski definition) is 5. The predicted molar refractivity (Wildman–Crippen MR) is 107 cm³/mol. The molecule has 0 aromatic heterocycles.